The minimum atomic E-state index is -0.404. The first kappa shape index (κ1) is 18.5. The number of nitrogens with one attached hydrogen (secondary N) is 2. The Morgan fingerprint density at radius 3 is 2.39 bits per heavy atom. The molecule has 0 radical (unpaired) electrons. The lowest BCUT2D eigenvalue weighted by Crippen LogP contribution is -2.32. The largest absolute Gasteiger partial charge is 0.355 e. The first-order chi connectivity index (χ1) is 13.6. The van der Waals surface area contributed by atoms with Crippen LogP contribution in [0, 0.1) is 0 Å². The molecule has 0 amide bonds. The van der Waals surface area contributed by atoms with Gasteiger partial charge in [-0.3, -0.25) is 0 Å². The lowest BCUT2D eigenvalue weighted by Gasteiger charge is -2.33. The molecule has 28 heavy (non-hydrogen) atoms. The zero-order valence-electron chi connectivity index (χ0n) is 15.7. The fraction of sp³-hybridized carbons (Fsp3) is 0.182. The van der Waals surface area contributed by atoms with E-state index in [2.05, 4.69) is 27.8 Å². The van der Waals surface area contributed by atoms with Crippen LogP contribution in [0.25, 0.3) is 5.69 Å². The molecule has 1 aliphatic heterocycles. The first-order valence-electron chi connectivity index (χ1n) is 9.16. The van der Waals surface area contributed by atoms with Gasteiger partial charge in [0.15, 0.2) is 0 Å². The van der Waals surface area contributed by atoms with E-state index in [0.717, 1.165) is 22.5 Å². The molecule has 5 nitrogen and oxygen atoms in total. The average molecular weight is 393 g/mol. The highest BCUT2D eigenvalue weighted by atomic mass is 35.5. The third-order valence-electron chi connectivity index (χ3n) is 5.03. The summed E-state index contributed by atoms with van der Waals surface area (Å²) in [6, 6.07) is 19.7. The number of benzene rings is 2. The summed E-state index contributed by atoms with van der Waals surface area (Å²) in [5, 5.41) is 6.90. The molecule has 4 rings (SSSR count). The van der Waals surface area contributed by atoms with Gasteiger partial charge in [-0.25, -0.2) is 9.36 Å². The Hall–Kier alpha value is -2.89. The third-order valence-corrected chi connectivity index (χ3v) is 5.31. The second kappa shape index (κ2) is 7.62. The van der Waals surface area contributed by atoms with Crippen molar-refractivity contribution in [2.24, 2.45) is 0 Å². The maximum Gasteiger partial charge on any atom is 0.355 e. The summed E-state index contributed by atoms with van der Waals surface area (Å²) < 4.78 is 1.59. The highest BCUT2D eigenvalue weighted by Crippen LogP contribution is 2.44. The van der Waals surface area contributed by atoms with Gasteiger partial charge >= 0.3 is 5.69 Å². The summed E-state index contributed by atoms with van der Waals surface area (Å²) in [5.74, 6) is 0.572. The Bertz CT molecular complexity index is 1090. The summed E-state index contributed by atoms with van der Waals surface area (Å²) in [6.45, 7) is 2.72. The van der Waals surface area contributed by atoms with Crippen LogP contribution in [0.4, 0.5) is 5.82 Å². The van der Waals surface area contributed by atoms with Crippen LogP contribution in [0.15, 0.2) is 76.7 Å². The van der Waals surface area contributed by atoms with Crippen molar-refractivity contribution in [3.05, 3.63) is 98.7 Å². The number of hydrogen-bond acceptors (Lipinski definition) is 4. The van der Waals surface area contributed by atoms with Gasteiger partial charge in [-0.2, -0.15) is 4.98 Å². The van der Waals surface area contributed by atoms with Gasteiger partial charge in [0.05, 0.1) is 5.69 Å². The summed E-state index contributed by atoms with van der Waals surface area (Å²) in [5.41, 5.74) is 4.44. The molecule has 0 saturated carbocycles. The smallest absolute Gasteiger partial charge is 0.345 e. The summed E-state index contributed by atoms with van der Waals surface area (Å²) in [7, 11) is 1.92. The minimum Gasteiger partial charge on any atom is -0.345 e. The molecule has 6 heteroatoms. The molecule has 1 atom stereocenters. The molecule has 2 N–H and O–H groups in total. The number of aromatic nitrogens is 2. The van der Waals surface area contributed by atoms with E-state index in [0.29, 0.717) is 12.4 Å². The van der Waals surface area contributed by atoms with Crippen molar-refractivity contribution < 1.29 is 0 Å². The van der Waals surface area contributed by atoms with Gasteiger partial charge in [0.25, 0.3) is 0 Å². The fourth-order valence-corrected chi connectivity index (χ4v) is 4.06. The maximum atomic E-state index is 12.8. The predicted octanol–water partition coefficient (Wildman–Crippen LogP) is 3.94. The van der Waals surface area contributed by atoms with E-state index in [9.17, 15) is 4.79 Å². The number of allylic oxidation sites excluding steroid dienone is 1. The molecule has 0 saturated heterocycles. The van der Waals surface area contributed by atoms with Crippen molar-refractivity contribution in [3.63, 3.8) is 0 Å². The van der Waals surface area contributed by atoms with E-state index in [1.54, 1.807) is 4.57 Å². The highest BCUT2D eigenvalue weighted by molar-refractivity contribution is 6.30. The quantitative estimate of drug-likeness (QED) is 0.660. The van der Waals surface area contributed by atoms with E-state index in [1.807, 2.05) is 62.5 Å². The van der Waals surface area contributed by atoms with Crippen molar-refractivity contribution in [2.45, 2.75) is 12.8 Å². The molecular formula is C22H21ClN4O. The van der Waals surface area contributed by atoms with Crippen molar-refractivity contribution in [2.75, 3.05) is 18.9 Å². The van der Waals surface area contributed by atoms with Crippen LogP contribution < -0.4 is 16.3 Å². The van der Waals surface area contributed by atoms with Gasteiger partial charge in [0, 0.05) is 23.7 Å². The van der Waals surface area contributed by atoms with E-state index < -0.39 is 5.69 Å². The zero-order valence-corrected chi connectivity index (χ0v) is 16.5. The Morgan fingerprint density at radius 2 is 1.75 bits per heavy atom. The monoisotopic (exact) mass is 392 g/mol. The van der Waals surface area contributed by atoms with Crippen LogP contribution in [-0.4, -0.2) is 23.1 Å². The van der Waals surface area contributed by atoms with Crippen molar-refractivity contribution in [1.29, 1.82) is 0 Å². The SMILES string of the molecule is CNCC1=C(C)Nc2c(c(Cl)nc(=O)n2-c2ccccc2)C1c1ccccc1. The molecule has 1 aliphatic rings. The van der Waals surface area contributed by atoms with Crippen LogP contribution in [0.1, 0.15) is 24.0 Å². The number of anilines is 1. The standard InChI is InChI=1S/C22H21ClN4O/c1-14-17(13-24-2)18(15-9-5-3-6-10-15)19-20(23)26-22(28)27(21(19)25-14)16-11-7-4-8-12-16/h3-12,18,24-25H,13H2,1-2H3. The molecule has 1 unspecified atom stereocenters. The fourth-order valence-electron chi connectivity index (χ4n) is 3.79. The predicted molar refractivity (Wildman–Crippen MR) is 113 cm³/mol. The number of rotatable bonds is 4. The lowest BCUT2D eigenvalue weighted by atomic mass is 9.82. The number of likely N-dealkylation sites (N-methyl/N-ethyl adjacent to an activating group) is 1. The normalized spacial score (nSPS) is 15.9. The maximum absolute atomic E-state index is 12.8. The second-order valence-electron chi connectivity index (χ2n) is 6.77. The summed E-state index contributed by atoms with van der Waals surface area (Å²) >= 11 is 6.56. The van der Waals surface area contributed by atoms with Crippen LogP contribution in [0.3, 0.4) is 0 Å². The molecule has 2 heterocycles. The Labute approximate surface area is 168 Å². The van der Waals surface area contributed by atoms with Gasteiger partial charge in [0.2, 0.25) is 0 Å². The van der Waals surface area contributed by atoms with E-state index in [-0.39, 0.29) is 11.1 Å². The molecule has 1 aromatic heterocycles. The van der Waals surface area contributed by atoms with Gasteiger partial charge < -0.3 is 10.6 Å². The van der Waals surface area contributed by atoms with Gasteiger partial charge in [-0.1, -0.05) is 60.1 Å². The molecule has 142 valence electrons. The molecular weight excluding hydrogens is 372 g/mol. The van der Waals surface area contributed by atoms with Crippen molar-refractivity contribution in [3.8, 4) is 5.69 Å². The van der Waals surface area contributed by atoms with Crippen LogP contribution in [-0.2, 0) is 0 Å². The summed E-state index contributed by atoms with van der Waals surface area (Å²) in [4.78, 5) is 16.9. The Kier molecular flexibility index (Phi) is 5.03. The zero-order chi connectivity index (χ0) is 19.7. The molecule has 0 bridgehead atoms. The van der Waals surface area contributed by atoms with Crippen LogP contribution in [0.5, 0.6) is 0 Å². The van der Waals surface area contributed by atoms with Gasteiger partial charge in [0.1, 0.15) is 11.0 Å². The van der Waals surface area contributed by atoms with Gasteiger partial charge in [-0.05, 0) is 37.2 Å². The number of hydrogen-bond donors (Lipinski definition) is 2. The van der Waals surface area contributed by atoms with Crippen LogP contribution >= 0.6 is 11.6 Å². The number of halogens is 1. The van der Waals surface area contributed by atoms with Gasteiger partial charge in [-0.15, -0.1) is 0 Å². The Morgan fingerprint density at radius 1 is 1.11 bits per heavy atom. The van der Waals surface area contributed by atoms with Crippen molar-refractivity contribution >= 4 is 17.4 Å². The molecule has 3 aromatic rings. The highest BCUT2D eigenvalue weighted by Gasteiger charge is 2.33. The third kappa shape index (κ3) is 3.13. The lowest BCUT2D eigenvalue weighted by molar-refractivity contribution is 0.760. The topological polar surface area (TPSA) is 59.0 Å². The molecule has 0 spiro atoms. The number of nitrogens with zero attached hydrogens (tertiary/aromatic N) is 2. The average Bonchev–Trinajstić information content (AvgIpc) is 2.70. The Balaban J connectivity index is 2.03. The summed E-state index contributed by atoms with van der Waals surface area (Å²) in [6.07, 6.45) is 0. The molecule has 0 fully saturated rings. The minimum absolute atomic E-state index is 0.0968. The second-order valence-corrected chi connectivity index (χ2v) is 7.13. The van der Waals surface area contributed by atoms with E-state index >= 15 is 0 Å². The van der Waals surface area contributed by atoms with Crippen molar-refractivity contribution in [1.82, 2.24) is 14.9 Å². The van der Waals surface area contributed by atoms with Crippen LogP contribution in [0.2, 0.25) is 5.15 Å². The van der Waals surface area contributed by atoms with E-state index in [4.69, 9.17) is 11.6 Å². The molecule has 2 aromatic carbocycles. The van der Waals surface area contributed by atoms with E-state index in [1.165, 1.54) is 5.57 Å². The number of fused-ring (bicyclic) bond motifs is 1. The first-order valence-corrected chi connectivity index (χ1v) is 9.53. The number of para-hydroxylation sites is 1. The molecule has 0 aliphatic carbocycles.